The average Bonchev–Trinajstić information content (AvgIpc) is 2.73. The first-order valence-corrected chi connectivity index (χ1v) is 8.81. The van der Waals surface area contributed by atoms with Crippen LogP contribution in [0.25, 0.3) is 0 Å². The van der Waals surface area contributed by atoms with E-state index in [1.165, 1.54) is 5.69 Å². The topological polar surface area (TPSA) is 68.6 Å². The maximum Gasteiger partial charge on any atom is 0.267 e. The first-order valence-electron chi connectivity index (χ1n) is 8.81. The lowest BCUT2D eigenvalue weighted by Gasteiger charge is -2.35. The summed E-state index contributed by atoms with van der Waals surface area (Å²) in [4.78, 5) is 16.7. The Labute approximate surface area is 159 Å². The summed E-state index contributed by atoms with van der Waals surface area (Å²) in [6, 6.07) is 19.2. The molecular formula is C21H22N4O2. The van der Waals surface area contributed by atoms with Gasteiger partial charge < -0.3 is 19.9 Å². The Morgan fingerprint density at radius 3 is 2.33 bits per heavy atom. The third-order valence-electron chi connectivity index (χ3n) is 4.46. The van der Waals surface area contributed by atoms with Gasteiger partial charge in [0.2, 0.25) is 0 Å². The summed E-state index contributed by atoms with van der Waals surface area (Å²) >= 11 is 0. The average molecular weight is 362 g/mol. The summed E-state index contributed by atoms with van der Waals surface area (Å²) in [5, 5.41) is 12.1. The predicted octanol–water partition coefficient (Wildman–Crippen LogP) is 2.86. The van der Waals surface area contributed by atoms with Crippen LogP contribution in [0.2, 0.25) is 0 Å². The van der Waals surface area contributed by atoms with E-state index in [4.69, 9.17) is 4.74 Å². The molecule has 0 spiro atoms. The van der Waals surface area contributed by atoms with Crippen LogP contribution in [-0.2, 0) is 4.79 Å². The second kappa shape index (κ2) is 8.77. The zero-order valence-corrected chi connectivity index (χ0v) is 15.3. The Balaban J connectivity index is 1.59. The van der Waals surface area contributed by atoms with Crippen molar-refractivity contribution in [3.8, 4) is 11.8 Å². The SMILES string of the molecule is COc1ccc(NC(=O)/C(C#N)=C\N2CCN(c3ccccc3)CC2)cc1. The van der Waals surface area contributed by atoms with Crippen LogP contribution in [0.5, 0.6) is 5.75 Å². The van der Waals surface area contributed by atoms with E-state index in [2.05, 4.69) is 22.3 Å². The molecule has 0 saturated carbocycles. The smallest absolute Gasteiger partial charge is 0.267 e. The predicted molar refractivity (Wildman–Crippen MR) is 106 cm³/mol. The van der Waals surface area contributed by atoms with Crippen LogP contribution >= 0.6 is 0 Å². The van der Waals surface area contributed by atoms with E-state index >= 15 is 0 Å². The number of piperazine rings is 1. The van der Waals surface area contributed by atoms with Crippen LogP contribution in [0.15, 0.2) is 66.4 Å². The van der Waals surface area contributed by atoms with Gasteiger partial charge in [0.1, 0.15) is 17.4 Å². The standard InChI is InChI=1S/C21H22N4O2/c1-27-20-9-7-18(8-10-20)23-21(26)17(15-22)16-24-11-13-25(14-12-24)19-5-3-2-4-6-19/h2-10,16H,11-14H2,1H3,(H,23,26)/b17-16-. The Morgan fingerprint density at radius 1 is 1.07 bits per heavy atom. The number of hydrogen-bond donors (Lipinski definition) is 1. The molecule has 6 heteroatoms. The second-order valence-corrected chi connectivity index (χ2v) is 6.20. The van der Waals surface area contributed by atoms with Crippen molar-refractivity contribution in [1.82, 2.24) is 4.90 Å². The van der Waals surface area contributed by atoms with E-state index in [9.17, 15) is 10.1 Å². The number of benzene rings is 2. The lowest BCUT2D eigenvalue weighted by molar-refractivity contribution is -0.112. The first kappa shape index (κ1) is 18.3. The Kier molecular flexibility index (Phi) is 5.95. The van der Waals surface area contributed by atoms with Gasteiger partial charge in [-0.25, -0.2) is 0 Å². The number of carbonyl (C=O) groups is 1. The zero-order chi connectivity index (χ0) is 19.1. The van der Waals surface area contributed by atoms with Gasteiger partial charge in [-0.05, 0) is 36.4 Å². The Morgan fingerprint density at radius 2 is 1.74 bits per heavy atom. The highest BCUT2D eigenvalue weighted by Gasteiger charge is 2.17. The minimum atomic E-state index is -0.409. The van der Waals surface area contributed by atoms with Gasteiger partial charge in [-0.1, -0.05) is 18.2 Å². The van der Waals surface area contributed by atoms with Crippen LogP contribution in [0, 0.1) is 11.3 Å². The highest BCUT2D eigenvalue weighted by Crippen LogP contribution is 2.17. The van der Waals surface area contributed by atoms with Crippen LogP contribution in [0.1, 0.15) is 0 Å². The molecule has 0 bridgehead atoms. The van der Waals surface area contributed by atoms with Crippen LogP contribution in [0.3, 0.4) is 0 Å². The number of anilines is 2. The lowest BCUT2D eigenvalue weighted by Crippen LogP contribution is -2.44. The fourth-order valence-electron chi connectivity index (χ4n) is 2.94. The maximum atomic E-state index is 12.4. The zero-order valence-electron chi connectivity index (χ0n) is 15.3. The number of hydrogen-bond acceptors (Lipinski definition) is 5. The summed E-state index contributed by atoms with van der Waals surface area (Å²) in [5.74, 6) is 0.300. The Bertz CT molecular complexity index is 833. The molecule has 0 aromatic heterocycles. The van der Waals surface area contributed by atoms with E-state index in [-0.39, 0.29) is 5.57 Å². The number of nitrogens with one attached hydrogen (secondary N) is 1. The highest BCUT2D eigenvalue weighted by atomic mass is 16.5. The highest BCUT2D eigenvalue weighted by molar-refractivity contribution is 6.06. The number of carbonyl (C=O) groups excluding carboxylic acids is 1. The molecule has 138 valence electrons. The third kappa shape index (κ3) is 4.79. The van der Waals surface area contributed by atoms with Crippen molar-refractivity contribution < 1.29 is 9.53 Å². The van der Waals surface area contributed by atoms with E-state index in [1.54, 1.807) is 37.6 Å². The lowest BCUT2D eigenvalue weighted by atomic mass is 10.2. The van der Waals surface area contributed by atoms with E-state index in [0.717, 1.165) is 26.2 Å². The van der Waals surface area contributed by atoms with Gasteiger partial charge in [-0.15, -0.1) is 0 Å². The van der Waals surface area contributed by atoms with Crippen molar-refractivity contribution in [1.29, 1.82) is 5.26 Å². The molecule has 1 N–H and O–H groups in total. The van der Waals surface area contributed by atoms with Crippen molar-refractivity contribution >= 4 is 17.3 Å². The molecule has 1 heterocycles. The number of nitrogens with zero attached hydrogens (tertiary/aromatic N) is 3. The van der Waals surface area contributed by atoms with Crippen molar-refractivity contribution in [2.75, 3.05) is 43.5 Å². The maximum absolute atomic E-state index is 12.4. The summed E-state index contributed by atoms with van der Waals surface area (Å²) in [6.07, 6.45) is 1.65. The summed E-state index contributed by atoms with van der Waals surface area (Å²) < 4.78 is 5.10. The monoisotopic (exact) mass is 362 g/mol. The number of para-hydroxylation sites is 1. The molecule has 1 amide bonds. The minimum Gasteiger partial charge on any atom is -0.497 e. The van der Waals surface area contributed by atoms with Crippen LogP contribution in [0.4, 0.5) is 11.4 Å². The molecule has 2 aromatic carbocycles. The van der Waals surface area contributed by atoms with E-state index in [1.807, 2.05) is 29.2 Å². The number of rotatable bonds is 5. The van der Waals surface area contributed by atoms with Gasteiger partial charge in [0.25, 0.3) is 5.91 Å². The molecule has 2 aromatic rings. The molecule has 1 fully saturated rings. The first-order chi connectivity index (χ1) is 13.2. The van der Waals surface area contributed by atoms with Crippen LogP contribution < -0.4 is 15.0 Å². The molecule has 6 nitrogen and oxygen atoms in total. The van der Waals surface area contributed by atoms with Crippen LogP contribution in [-0.4, -0.2) is 44.1 Å². The summed E-state index contributed by atoms with van der Waals surface area (Å²) in [7, 11) is 1.58. The van der Waals surface area contributed by atoms with E-state index < -0.39 is 5.91 Å². The second-order valence-electron chi connectivity index (χ2n) is 6.20. The van der Waals surface area contributed by atoms with Gasteiger partial charge in [0.15, 0.2) is 0 Å². The van der Waals surface area contributed by atoms with Crippen molar-refractivity contribution in [2.24, 2.45) is 0 Å². The molecule has 0 radical (unpaired) electrons. The molecule has 0 aliphatic carbocycles. The number of ether oxygens (including phenoxy) is 1. The largest absolute Gasteiger partial charge is 0.497 e. The quantitative estimate of drug-likeness (QED) is 0.654. The fourth-order valence-corrected chi connectivity index (χ4v) is 2.94. The molecule has 0 unspecified atom stereocenters. The van der Waals surface area contributed by atoms with Crippen molar-refractivity contribution in [3.63, 3.8) is 0 Å². The van der Waals surface area contributed by atoms with E-state index in [0.29, 0.717) is 11.4 Å². The van der Waals surface area contributed by atoms with Crippen molar-refractivity contribution in [2.45, 2.75) is 0 Å². The number of methoxy groups -OCH3 is 1. The van der Waals surface area contributed by atoms with Gasteiger partial charge >= 0.3 is 0 Å². The molecule has 1 aliphatic rings. The number of nitriles is 1. The normalized spacial score (nSPS) is 14.4. The molecule has 1 saturated heterocycles. The van der Waals surface area contributed by atoms with Gasteiger partial charge in [-0.2, -0.15) is 5.26 Å². The van der Waals surface area contributed by atoms with Crippen molar-refractivity contribution in [3.05, 3.63) is 66.4 Å². The molecule has 1 aliphatic heterocycles. The summed E-state index contributed by atoms with van der Waals surface area (Å²) in [5.41, 5.74) is 1.91. The minimum absolute atomic E-state index is 0.0963. The van der Waals surface area contributed by atoms with Gasteiger partial charge in [0, 0.05) is 43.8 Å². The number of amides is 1. The summed E-state index contributed by atoms with van der Waals surface area (Å²) in [6.45, 7) is 3.21. The molecule has 0 atom stereocenters. The van der Waals surface area contributed by atoms with Gasteiger partial charge in [0.05, 0.1) is 7.11 Å². The van der Waals surface area contributed by atoms with Gasteiger partial charge in [-0.3, -0.25) is 4.79 Å². The molecule has 27 heavy (non-hydrogen) atoms. The fraction of sp³-hybridized carbons (Fsp3) is 0.238. The molecule has 3 rings (SSSR count). The Hall–Kier alpha value is -3.46. The third-order valence-corrected chi connectivity index (χ3v) is 4.46. The molecular weight excluding hydrogens is 340 g/mol.